The summed E-state index contributed by atoms with van der Waals surface area (Å²) in [7, 11) is 0. The molecule has 1 aromatic heterocycles. The summed E-state index contributed by atoms with van der Waals surface area (Å²) in [6.45, 7) is 6.34. The van der Waals surface area contributed by atoms with Crippen LogP contribution in [0.5, 0.6) is 0 Å². The van der Waals surface area contributed by atoms with Crippen LogP contribution in [0.25, 0.3) is 5.69 Å². The molecule has 29 heavy (non-hydrogen) atoms. The molecule has 3 aromatic rings. The van der Waals surface area contributed by atoms with Crippen LogP contribution in [-0.2, 0) is 16.0 Å². The summed E-state index contributed by atoms with van der Waals surface area (Å²) in [6.07, 6.45) is 2.30. The van der Waals surface area contributed by atoms with E-state index in [2.05, 4.69) is 65.0 Å². The molecule has 0 N–H and O–H groups in total. The van der Waals surface area contributed by atoms with Crippen molar-refractivity contribution < 1.29 is 9.53 Å². The number of benzene rings is 2. The van der Waals surface area contributed by atoms with E-state index in [-0.39, 0.29) is 11.2 Å². The van der Waals surface area contributed by atoms with Gasteiger partial charge in [-0.3, -0.25) is 9.36 Å². The second-order valence-electron chi connectivity index (χ2n) is 6.88. The van der Waals surface area contributed by atoms with E-state index in [4.69, 9.17) is 4.74 Å². The molecule has 2 aromatic carbocycles. The van der Waals surface area contributed by atoms with E-state index in [0.29, 0.717) is 18.2 Å². The van der Waals surface area contributed by atoms with Gasteiger partial charge in [-0.1, -0.05) is 73.1 Å². The first-order valence-corrected chi connectivity index (χ1v) is 10.9. The zero-order valence-corrected chi connectivity index (χ0v) is 18.0. The fourth-order valence-electron chi connectivity index (χ4n) is 3.07. The van der Waals surface area contributed by atoms with Gasteiger partial charge in [0.25, 0.3) is 0 Å². The topological polar surface area (TPSA) is 57.0 Å². The summed E-state index contributed by atoms with van der Waals surface area (Å²) in [5.41, 5.74) is 3.35. The maximum Gasteiger partial charge on any atom is 0.319 e. The van der Waals surface area contributed by atoms with Gasteiger partial charge in [0.05, 0.1) is 6.61 Å². The van der Waals surface area contributed by atoms with Crippen molar-refractivity contribution in [1.82, 2.24) is 14.8 Å². The monoisotopic (exact) mass is 409 g/mol. The third-order valence-electron chi connectivity index (χ3n) is 4.55. The molecule has 1 heterocycles. The highest BCUT2D eigenvalue weighted by atomic mass is 32.2. The SMILES string of the molecule is CCC[C@@H](Sc1nnc(Cc2ccccc2)n1-c1ccc(C)cc1)C(=O)OCC. The molecule has 0 spiro atoms. The molecule has 0 amide bonds. The van der Waals surface area contributed by atoms with Crippen LogP contribution in [0.4, 0.5) is 0 Å². The van der Waals surface area contributed by atoms with Crippen molar-refractivity contribution in [3.63, 3.8) is 0 Å². The van der Waals surface area contributed by atoms with Crippen molar-refractivity contribution in [1.29, 1.82) is 0 Å². The highest BCUT2D eigenvalue weighted by Gasteiger charge is 2.25. The van der Waals surface area contributed by atoms with Crippen LogP contribution < -0.4 is 0 Å². The average molecular weight is 410 g/mol. The first-order chi connectivity index (χ1) is 14.1. The second-order valence-corrected chi connectivity index (χ2v) is 8.05. The van der Waals surface area contributed by atoms with E-state index >= 15 is 0 Å². The van der Waals surface area contributed by atoms with E-state index in [1.165, 1.54) is 22.9 Å². The zero-order valence-electron chi connectivity index (χ0n) is 17.2. The summed E-state index contributed by atoms with van der Waals surface area (Å²) in [5.74, 6) is 0.657. The molecule has 152 valence electrons. The van der Waals surface area contributed by atoms with E-state index in [9.17, 15) is 4.79 Å². The lowest BCUT2D eigenvalue weighted by molar-refractivity contribution is -0.142. The standard InChI is InChI=1S/C23H27N3O2S/c1-4-9-20(22(27)28-5-2)29-23-25-24-21(16-18-10-7-6-8-11-18)26(23)19-14-12-17(3)13-15-19/h6-8,10-15,20H,4-5,9,16H2,1-3H3/t20-/m1/s1. The molecule has 0 aliphatic carbocycles. The molecule has 1 atom stereocenters. The summed E-state index contributed by atoms with van der Waals surface area (Å²) >= 11 is 1.43. The summed E-state index contributed by atoms with van der Waals surface area (Å²) in [5, 5.41) is 9.33. The lowest BCUT2D eigenvalue weighted by atomic mass is 10.1. The predicted octanol–water partition coefficient (Wildman–Crippen LogP) is 4.99. The van der Waals surface area contributed by atoms with Gasteiger partial charge in [-0.25, -0.2) is 0 Å². The number of nitrogens with zero attached hydrogens (tertiary/aromatic N) is 3. The van der Waals surface area contributed by atoms with Crippen molar-refractivity contribution >= 4 is 17.7 Å². The number of hydrogen-bond acceptors (Lipinski definition) is 5. The second kappa shape index (κ2) is 10.3. The van der Waals surface area contributed by atoms with Gasteiger partial charge in [0.15, 0.2) is 5.16 Å². The van der Waals surface area contributed by atoms with Crippen LogP contribution >= 0.6 is 11.8 Å². The maximum atomic E-state index is 12.4. The van der Waals surface area contributed by atoms with Gasteiger partial charge >= 0.3 is 5.97 Å². The minimum atomic E-state index is -0.294. The van der Waals surface area contributed by atoms with Crippen molar-refractivity contribution in [3.05, 3.63) is 71.5 Å². The van der Waals surface area contributed by atoms with Crippen LogP contribution in [0.2, 0.25) is 0 Å². The maximum absolute atomic E-state index is 12.4. The number of carbonyl (C=O) groups is 1. The predicted molar refractivity (Wildman–Crippen MR) is 117 cm³/mol. The Hall–Kier alpha value is -2.60. The number of carbonyl (C=O) groups excluding carboxylic acids is 1. The van der Waals surface area contributed by atoms with E-state index in [0.717, 1.165) is 24.4 Å². The Kier molecular flexibility index (Phi) is 7.47. The van der Waals surface area contributed by atoms with Gasteiger partial charge in [-0.05, 0) is 38.0 Å². The van der Waals surface area contributed by atoms with Crippen molar-refractivity contribution in [2.24, 2.45) is 0 Å². The van der Waals surface area contributed by atoms with Crippen LogP contribution in [0.3, 0.4) is 0 Å². The molecule has 0 unspecified atom stereocenters. The minimum absolute atomic E-state index is 0.192. The Labute approximate surface area is 176 Å². The fourth-order valence-corrected chi connectivity index (χ4v) is 4.25. The molecule has 0 radical (unpaired) electrons. The largest absolute Gasteiger partial charge is 0.465 e. The zero-order chi connectivity index (χ0) is 20.6. The molecule has 6 heteroatoms. The van der Waals surface area contributed by atoms with Gasteiger partial charge in [0.2, 0.25) is 0 Å². The number of ether oxygens (including phenoxy) is 1. The molecule has 0 saturated carbocycles. The normalized spacial score (nSPS) is 12.0. The molecule has 0 aliphatic heterocycles. The van der Waals surface area contributed by atoms with Gasteiger partial charge in [0, 0.05) is 12.1 Å². The Morgan fingerprint density at radius 1 is 1.07 bits per heavy atom. The third kappa shape index (κ3) is 5.48. The fraction of sp³-hybridized carbons (Fsp3) is 0.348. The van der Waals surface area contributed by atoms with Crippen LogP contribution in [0.15, 0.2) is 59.8 Å². The number of esters is 1. The number of rotatable bonds is 9. The Morgan fingerprint density at radius 3 is 2.45 bits per heavy atom. The van der Waals surface area contributed by atoms with Crippen molar-refractivity contribution in [2.75, 3.05) is 6.61 Å². The molecule has 0 aliphatic rings. The lowest BCUT2D eigenvalue weighted by Crippen LogP contribution is -2.21. The van der Waals surface area contributed by atoms with Crippen LogP contribution in [0, 0.1) is 6.92 Å². The number of hydrogen-bond donors (Lipinski definition) is 0. The number of thioether (sulfide) groups is 1. The first kappa shape index (κ1) is 21.1. The molecule has 0 fully saturated rings. The number of aromatic nitrogens is 3. The highest BCUT2D eigenvalue weighted by molar-refractivity contribution is 8.00. The smallest absolute Gasteiger partial charge is 0.319 e. The van der Waals surface area contributed by atoms with E-state index < -0.39 is 0 Å². The van der Waals surface area contributed by atoms with Crippen LogP contribution in [0.1, 0.15) is 43.6 Å². The summed E-state index contributed by atoms with van der Waals surface area (Å²) < 4.78 is 7.33. The molecular formula is C23H27N3O2S. The van der Waals surface area contributed by atoms with Gasteiger partial charge in [-0.15, -0.1) is 10.2 Å². The Morgan fingerprint density at radius 2 is 1.79 bits per heavy atom. The highest BCUT2D eigenvalue weighted by Crippen LogP contribution is 2.29. The van der Waals surface area contributed by atoms with Gasteiger partial charge in [0.1, 0.15) is 11.1 Å². The molecule has 3 rings (SSSR count). The first-order valence-electron chi connectivity index (χ1n) is 10.0. The molecular weight excluding hydrogens is 382 g/mol. The average Bonchev–Trinajstić information content (AvgIpc) is 3.11. The lowest BCUT2D eigenvalue weighted by Gasteiger charge is -2.15. The molecule has 0 bridgehead atoms. The van der Waals surface area contributed by atoms with E-state index in [1.54, 1.807) is 0 Å². The van der Waals surface area contributed by atoms with E-state index in [1.807, 2.05) is 25.1 Å². The quantitative estimate of drug-likeness (QED) is 0.368. The minimum Gasteiger partial charge on any atom is -0.465 e. The molecule has 0 saturated heterocycles. The third-order valence-corrected chi connectivity index (χ3v) is 5.73. The van der Waals surface area contributed by atoms with Gasteiger partial charge in [-0.2, -0.15) is 0 Å². The number of aryl methyl sites for hydroxylation is 1. The van der Waals surface area contributed by atoms with Crippen molar-refractivity contribution in [2.45, 2.75) is 50.4 Å². The summed E-state index contributed by atoms with van der Waals surface area (Å²) in [6, 6.07) is 18.5. The Bertz CT molecular complexity index is 923. The summed E-state index contributed by atoms with van der Waals surface area (Å²) in [4.78, 5) is 12.4. The van der Waals surface area contributed by atoms with Gasteiger partial charge < -0.3 is 4.74 Å². The molecule has 5 nitrogen and oxygen atoms in total. The van der Waals surface area contributed by atoms with Crippen LogP contribution in [-0.4, -0.2) is 32.6 Å². The van der Waals surface area contributed by atoms with Crippen molar-refractivity contribution in [3.8, 4) is 5.69 Å². The Balaban J connectivity index is 1.97.